The van der Waals surface area contributed by atoms with E-state index in [0.29, 0.717) is 0 Å². The van der Waals surface area contributed by atoms with E-state index in [1.807, 2.05) is 36.6 Å². The maximum atomic E-state index is 11.7. The van der Waals surface area contributed by atoms with Gasteiger partial charge in [0.25, 0.3) is 0 Å². The van der Waals surface area contributed by atoms with E-state index >= 15 is 0 Å². The first kappa shape index (κ1) is 13.7. The molecule has 0 bridgehead atoms. The number of nitrogens with two attached hydrogens (primary N) is 1. The highest BCUT2D eigenvalue weighted by atomic mass is 32.1. The second kappa shape index (κ2) is 5.11. The third kappa shape index (κ3) is 3.39. The summed E-state index contributed by atoms with van der Waals surface area (Å²) in [5.74, 6) is -0.203. The normalized spacial score (nSPS) is 11.4. The number of anilines is 1. The standard InChI is InChI=1S/C14H17N3OS/c1-9-8-19-12(16-9)10-4-6-11(7-5-10)17-13(18)14(2,3)15/h4-8H,15H2,1-3H3,(H,17,18). The van der Waals surface area contributed by atoms with Crippen molar-refractivity contribution in [1.29, 1.82) is 0 Å². The number of nitrogens with one attached hydrogen (secondary N) is 1. The van der Waals surface area contributed by atoms with Gasteiger partial charge in [0.05, 0.1) is 5.54 Å². The fourth-order valence-electron chi connectivity index (χ4n) is 1.47. The molecular formula is C14H17N3OS. The molecule has 0 saturated heterocycles. The lowest BCUT2D eigenvalue weighted by Gasteiger charge is -2.17. The number of amides is 1. The quantitative estimate of drug-likeness (QED) is 0.905. The van der Waals surface area contributed by atoms with Gasteiger partial charge in [-0.2, -0.15) is 0 Å². The molecule has 1 heterocycles. The molecule has 3 N–H and O–H groups in total. The second-order valence-corrected chi connectivity index (χ2v) is 5.91. The summed E-state index contributed by atoms with van der Waals surface area (Å²) in [7, 11) is 0. The van der Waals surface area contributed by atoms with Gasteiger partial charge in [0.1, 0.15) is 5.01 Å². The number of rotatable bonds is 3. The Hall–Kier alpha value is -1.72. The lowest BCUT2D eigenvalue weighted by Crippen LogP contribution is -2.45. The summed E-state index contributed by atoms with van der Waals surface area (Å²) in [6.07, 6.45) is 0. The average molecular weight is 275 g/mol. The first-order valence-electron chi connectivity index (χ1n) is 5.99. The van der Waals surface area contributed by atoms with Crippen molar-refractivity contribution in [2.24, 2.45) is 5.73 Å². The Kier molecular flexibility index (Phi) is 3.68. The van der Waals surface area contributed by atoms with Crippen LogP contribution in [0.15, 0.2) is 29.6 Å². The second-order valence-electron chi connectivity index (χ2n) is 5.05. The third-order valence-corrected chi connectivity index (χ3v) is 3.60. The van der Waals surface area contributed by atoms with Gasteiger partial charge in [-0.05, 0) is 45.0 Å². The number of aryl methyl sites for hydroxylation is 1. The molecule has 0 saturated carbocycles. The van der Waals surface area contributed by atoms with E-state index in [2.05, 4.69) is 10.3 Å². The van der Waals surface area contributed by atoms with Crippen LogP contribution in [0.5, 0.6) is 0 Å². The molecule has 2 aromatic rings. The van der Waals surface area contributed by atoms with E-state index in [9.17, 15) is 4.79 Å². The molecule has 19 heavy (non-hydrogen) atoms. The summed E-state index contributed by atoms with van der Waals surface area (Å²) in [5, 5.41) is 5.78. The van der Waals surface area contributed by atoms with Crippen molar-refractivity contribution in [3.63, 3.8) is 0 Å². The molecule has 0 fully saturated rings. The van der Waals surface area contributed by atoms with E-state index in [4.69, 9.17) is 5.73 Å². The van der Waals surface area contributed by atoms with Crippen LogP contribution in [0.1, 0.15) is 19.5 Å². The molecule has 0 unspecified atom stereocenters. The van der Waals surface area contributed by atoms with Crippen LogP contribution >= 0.6 is 11.3 Å². The van der Waals surface area contributed by atoms with Gasteiger partial charge in [-0.1, -0.05) is 0 Å². The first-order chi connectivity index (χ1) is 8.86. The molecule has 0 aliphatic carbocycles. The van der Waals surface area contributed by atoms with Gasteiger partial charge in [0.15, 0.2) is 0 Å². The first-order valence-corrected chi connectivity index (χ1v) is 6.87. The molecule has 2 rings (SSSR count). The topological polar surface area (TPSA) is 68.0 Å². The summed E-state index contributed by atoms with van der Waals surface area (Å²) in [6.45, 7) is 5.32. The Morgan fingerprint density at radius 3 is 2.42 bits per heavy atom. The van der Waals surface area contributed by atoms with Crippen molar-refractivity contribution >= 4 is 22.9 Å². The van der Waals surface area contributed by atoms with Crippen LogP contribution in [0.3, 0.4) is 0 Å². The maximum absolute atomic E-state index is 11.7. The van der Waals surface area contributed by atoms with Gasteiger partial charge < -0.3 is 11.1 Å². The SMILES string of the molecule is Cc1csc(-c2ccc(NC(=O)C(C)(C)N)cc2)n1. The zero-order valence-corrected chi connectivity index (χ0v) is 12.0. The van der Waals surface area contributed by atoms with E-state index in [1.165, 1.54) is 0 Å². The number of hydrogen-bond acceptors (Lipinski definition) is 4. The van der Waals surface area contributed by atoms with E-state index in [-0.39, 0.29) is 5.91 Å². The van der Waals surface area contributed by atoms with E-state index < -0.39 is 5.54 Å². The fourth-order valence-corrected chi connectivity index (χ4v) is 2.28. The molecular weight excluding hydrogens is 258 g/mol. The summed E-state index contributed by atoms with van der Waals surface area (Å²) < 4.78 is 0. The van der Waals surface area contributed by atoms with Crippen molar-refractivity contribution in [2.45, 2.75) is 26.3 Å². The van der Waals surface area contributed by atoms with Gasteiger partial charge in [0, 0.05) is 22.3 Å². The molecule has 0 spiro atoms. The molecule has 0 atom stereocenters. The molecule has 100 valence electrons. The van der Waals surface area contributed by atoms with Gasteiger partial charge in [-0.25, -0.2) is 4.98 Å². The van der Waals surface area contributed by atoms with Crippen molar-refractivity contribution in [1.82, 2.24) is 4.98 Å². The molecule has 0 radical (unpaired) electrons. The molecule has 1 aromatic heterocycles. The van der Waals surface area contributed by atoms with Gasteiger partial charge in [-0.15, -0.1) is 11.3 Å². The molecule has 1 amide bonds. The van der Waals surface area contributed by atoms with Crippen molar-refractivity contribution in [3.05, 3.63) is 35.3 Å². The average Bonchev–Trinajstić information content (AvgIpc) is 2.75. The highest BCUT2D eigenvalue weighted by molar-refractivity contribution is 7.13. The molecule has 4 nitrogen and oxygen atoms in total. The Balaban J connectivity index is 2.13. The van der Waals surface area contributed by atoms with Gasteiger partial charge in [-0.3, -0.25) is 4.79 Å². The van der Waals surface area contributed by atoms with Crippen LogP contribution in [0.25, 0.3) is 10.6 Å². The maximum Gasteiger partial charge on any atom is 0.243 e. The minimum atomic E-state index is -0.884. The van der Waals surface area contributed by atoms with E-state index in [0.717, 1.165) is 22.0 Å². The lowest BCUT2D eigenvalue weighted by molar-refractivity contribution is -0.120. The molecule has 5 heteroatoms. The Morgan fingerprint density at radius 2 is 1.95 bits per heavy atom. The monoisotopic (exact) mass is 275 g/mol. The number of aromatic nitrogens is 1. The Morgan fingerprint density at radius 1 is 1.32 bits per heavy atom. The van der Waals surface area contributed by atoms with Crippen LogP contribution in [-0.2, 0) is 4.79 Å². The Bertz CT molecular complexity index is 581. The minimum absolute atomic E-state index is 0.203. The van der Waals surface area contributed by atoms with Crippen molar-refractivity contribution in [3.8, 4) is 10.6 Å². The predicted molar refractivity (Wildman–Crippen MR) is 79.2 cm³/mol. The molecule has 0 aliphatic heterocycles. The fraction of sp³-hybridized carbons (Fsp3) is 0.286. The number of carbonyl (C=O) groups excluding carboxylic acids is 1. The predicted octanol–water partition coefficient (Wildman–Crippen LogP) is 2.79. The summed E-state index contributed by atoms with van der Waals surface area (Å²) in [5.41, 5.74) is 7.64. The zero-order valence-electron chi connectivity index (χ0n) is 11.2. The van der Waals surface area contributed by atoms with Crippen molar-refractivity contribution < 1.29 is 4.79 Å². The largest absolute Gasteiger partial charge is 0.325 e. The highest BCUT2D eigenvalue weighted by Crippen LogP contribution is 2.24. The van der Waals surface area contributed by atoms with Crippen LogP contribution in [0, 0.1) is 6.92 Å². The summed E-state index contributed by atoms with van der Waals surface area (Å²) in [6, 6.07) is 7.60. The van der Waals surface area contributed by atoms with Crippen LogP contribution in [0.4, 0.5) is 5.69 Å². The lowest BCUT2D eigenvalue weighted by atomic mass is 10.1. The number of hydrogen-bond donors (Lipinski definition) is 2. The zero-order chi connectivity index (χ0) is 14.0. The Labute approximate surface area is 116 Å². The van der Waals surface area contributed by atoms with Crippen LogP contribution < -0.4 is 11.1 Å². The minimum Gasteiger partial charge on any atom is -0.325 e. The molecule has 0 aliphatic rings. The smallest absolute Gasteiger partial charge is 0.243 e. The number of nitrogens with zero attached hydrogens (tertiary/aromatic N) is 1. The van der Waals surface area contributed by atoms with Crippen molar-refractivity contribution in [2.75, 3.05) is 5.32 Å². The van der Waals surface area contributed by atoms with Crippen LogP contribution in [0.2, 0.25) is 0 Å². The number of thiazole rings is 1. The van der Waals surface area contributed by atoms with Crippen LogP contribution in [-0.4, -0.2) is 16.4 Å². The van der Waals surface area contributed by atoms with Gasteiger partial charge >= 0.3 is 0 Å². The van der Waals surface area contributed by atoms with Gasteiger partial charge in [0.2, 0.25) is 5.91 Å². The van der Waals surface area contributed by atoms with E-state index in [1.54, 1.807) is 25.2 Å². The molecule has 1 aromatic carbocycles. The third-order valence-electron chi connectivity index (χ3n) is 2.59. The number of benzene rings is 1. The number of carbonyl (C=O) groups is 1. The highest BCUT2D eigenvalue weighted by Gasteiger charge is 2.21. The summed E-state index contributed by atoms with van der Waals surface area (Å²) >= 11 is 1.61. The summed E-state index contributed by atoms with van der Waals surface area (Å²) in [4.78, 5) is 16.2.